The van der Waals surface area contributed by atoms with E-state index in [1.54, 1.807) is 0 Å². The number of hydrogen-bond donors (Lipinski definition) is 1. The first-order valence-corrected chi connectivity index (χ1v) is 6.44. The molecule has 1 N–H and O–H groups in total. The average molecular weight is 233 g/mol. The first kappa shape index (κ1) is 13.6. The molecular weight excluding hydrogens is 210 g/mol. The molecule has 0 fully saturated rings. The van der Waals surface area contributed by atoms with Crippen LogP contribution in [0.3, 0.4) is 0 Å². The van der Waals surface area contributed by atoms with Gasteiger partial charge in [-0.3, -0.25) is 0 Å². The van der Waals surface area contributed by atoms with Crippen molar-refractivity contribution in [3.8, 4) is 5.75 Å². The molecule has 0 saturated carbocycles. The first-order chi connectivity index (χ1) is 8.36. The number of hydrogen-bond acceptors (Lipinski definition) is 2. The number of benzene rings is 1. The van der Waals surface area contributed by atoms with Gasteiger partial charge in [0.2, 0.25) is 0 Å². The highest BCUT2D eigenvalue weighted by Gasteiger charge is 1.94. The zero-order valence-corrected chi connectivity index (χ0v) is 10.7. The summed E-state index contributed by atoms with van der Waals surface area (Å²) in [4.78, 5) is 0. The molecule has 0 radical (unpaired) electrons. The van der Waals surface area contributed by atoms with Crippen molar-refractivity contribution in [1.29, 1.82) is 0 Å². The molecule has 2 nitrogen and oxygen atoms in total. The third kappa shape index (κ3) is 6.00. The number of ether oxygens (including phenoxy) is 1. The summed E-state index contributed by atoms with van der Waals surface area (Å²) in [5, 5.41) is 3.23. The fourth-order valence-corrected chi connectivity index (χ4v) is 1.58. The normalized spacial score (nSPS) is 9.94. The molecule has 1 aromatic carbocycles. The van der Waals surface area contributed by atoms with Crippen LogP contribution in [-0.4, -0.2) is 13.2 Å². The van der Waals surface area contributed by atoms with Crippen molar-refractivity contribution in [2.24, 2.45) is 0 Å². The molecule has 17 heavy (non-hydrogen) atoms. The number of anilines is 1. The monoisotopic (exact) mass is 233 g/mol. The lowest BCUT2D eigenvalue weighted by Gasteiger charge is -2.07. The first-order valence-electron chi connectivity index (χ1n) is 6.44. The summed E-state index contributed by atoms with van der Waals surface area (Å²) >= 11 is 0. The molecule has 0 amide bonds. The minimum absolute atomic E-state index is 0.789. The van der Waals surface area contributed by atoms with Gasteiger partial charge in [0.1, 0.15) is 5.75 Å². The van der Waals surface area contributed by atoms with Crippen LogP contribution in [0.5, 0.6) is 5.75 Å². The molecule has 1 aromatic rings. The Labute approximate surface area is 105 Å². The minimum Gasteiger partial charge on any atom is -0.494 e. The van der Waals surface area contributed by atoms with E-state index in [1.165, 1.54) is 19.3 Å². The maximum Gasteiger partial charge on any atom is 0.119 e. The van der Waals surface area contributed by atoms with E-state index >= 15 is 0 Å². The van der Waals surface area contributed by atoms with Gasteiger partial charge < -0.3 is 10.1 Å². The Morgan fingerprint density at radius 2 is 1.94 bits per heavy atom. The number of nitrogens with one attached hydrogen (secondary N) is 1. The highest BCUT2D eigenvalue weighted by Crippen LogP contribution is 2.16. The van der Waals surface area contributed by atoms with Gasteiger partial charge in [-0.15, -0.1) is 6.58 Å². The lowest BCUT2D eigenvalue weighted by Crippen LogP contribution is -1.99. The van der Waals surface area contributed by atoms with Crippen molar-refractivity contribution < 1.29 is 4.74 Å². The second-order valence-electron chi connectivity index (χ2n) is 4.10. The molecule has 2 heteroatoms. The highest BCUT2D eigenvalue weighted by molar-refractivity contribution is 5.46. The molecule has 0 aliphatic heterocycles. The van der Waals surface area contributed by atoms with Crippen molar-refractivity contribution in [2.45, 2.75) is 32.6 Å². The van der Waals surface area contributed by atoms with E-state index in [-0.39, 0.29) is 0 Å². The van der Waals surface area contributed by atoms with Crippen LogP contribution in [0, 0.1) is 0 Å². The molecular formula is C15H23NO. The van der Waals surface area contributed by atoms with Gasteiger partial charge in [-0.25, -0.2) is 0 Å². The summed E-state index contributed by atoms with van der Waals surface area (Å²) in [5.41, 5.74) is 1.10. The molecule has 1 rings (SSSR count). The second-order valence-corrected chi connectivity index (χ2v) is 4.10. The zero-order valence-electron chi connectivity index (χ0n) is 10.7. The summed E-state index contributed by atoms with van der Waals surface area (Å²) in [5.74, 6) is 0.950. The Morgan fingerprint density at radius 3 is 2.59 bits per heavy atom. The summed E-state index contributed by atoms with van der Waals surface area (Å²) in [6.45, 7) is 7.50. The molecule has 0 saturated heterocycles. The van der Waals surface area contributed by atoms with Crippen LogP contribution in [0.15, 0.2) is 36.9 Å². The van der Waals surface area contributed by atoms with Crippen molar-refractivity contribution in [3.05, 3.63) is 36.9 Å². The van der Waals surface area contributed by atoms with Crippen LogP contribution in [0.2, 0.25) is 0 Å². The molecule has 0 aliphatic carbocycles. The van der Waals surface area contributed by atoms with Crippen LogP contribution >= 0.6 is 0 Å². The van der Waals surface area contributed by atoms with Crippen molar-refractivity contribution in [2.75, 3.05) is 18.5 Å². The Hall–Kier alpha value is -1.44. The fourth-order valence-electron chi connectivity index (χ4n) is 1.58. The van der Waals surface area contributed by atoms with Gasteiger partial charge in [0.25, 0.3) is 0 Å². The topological polar surface area (TPSA) is 21.3 Å². The van der Waals surface area contributed by atoms with Gasteiger partial charge in [-0.2, -0.15) is 0 Å². The van der Waals surface area contributed by atoms with E-state index in [0.717, 1.165) is 31.0 Å². The third-order valence-corrected chi connectivity index (χ3v) is 2.57. The number of unbranched alkanes of at least 4 members (excludes halogenated alkanes) is 3. The molecule has 0 aliphatic rings. The molecule has 0 atom stereocenters. The van der Waals surface area contributed by atoms with Gasteiger partial charge >= 0.3 is 0 Å². The van der Waals surface area contributed by atoms with Crippen LogP contribution < -0.4 is 10.1 Å². The van der Waals surface area contributed by atoms with E-state index in [1.807, 2.05) is 30.3 Å². The fraction of sp³-hybridized carbons (Fsp3) is 0.467. The van der Waals surface area contributed by atoms with E-state index < -0.39 is 0 Å². The zero-order chi connectivity index (χ0) is 12.3. The van der Waals surface area contributed by atoms with Crippen LogP contribution in [-0.2, 0) is 0 Å². The SMILES string of the molecule is C=CCNc1ccc(OCCCCCC)cc1. The maximum absolute atomic E-state index is 5.66. The summed E-state index contributed by atoms with van der Waals surface area (Å²) in [6.07, 6.45) is 6.81. The lowest BCUT2D eigenvalue weighted by atomic mass is 10.2. The predicted molar refractivity (Wildman–Crippen MR) is 74.8 cm³/mol. The van der Waals surface area contributed by atoms with E-state index in [2.05, 4.69) is 18.8 Å². The number of rotatable bonds is 9. The van der Waals surface area contributed by atoms with E-state index in [9.17, 15) is 0 Å². The van der Waals surface area contributed by atoms with Crippen molar-refractivity contribution in [1.82, 2.24) is 0 Å². The Morgan fingerprint density at radius 1 is 1.18 bits per heavy atom. The maximum atomic E-state index is 5.66. The Balaban J connectivity index is 2.23. The van der Waals surface area contributed by atoms with Crippen LogP contribution in [0.4, 0.5) is 5.69 Å². The lowest BCUT2D eigenvalue weighted by molar-refractivity contribution is 0.305. The third-order valence-electron chi connectivity index (χ3n) is 2.57. The standard InChI is InChI=1S/C15H23NO/c1-3-5-6-7-13-17-15-10-8-14(9-11-15)16-12-4-2/h4,8-11,16H,2-3,5-7,12-13H2,1H3. The van der Waals surface area contributed by atoms with E-state index in [0.29, 0.717) is 0 Å². The molecule has 0 bridgehead atoms. The largest absolute Gasteiger partial charge is 0.494 e. The molecule has 0 aromatic heterocycles. The molecule has 94 valence electrons. The van der Waals surface area contributed by atoms with Crippen LogP contribution in [0.1, 0.15) is 32.6 Å². The van der Waals surface area contributed by atoms with Crippen molar-refractivity contribution >= 4 is 5.69 Å². The Kier molecular flexibility index (Phi) is 6.96. The molecule has 0 heterocycles. The highest BCUT2D eigenvalue weighted by atomic mass is 16.5. The van der Waals surface area contributed by atoms with Gasteiger partial charge in [0.05, 0.1) is 6.61 Å². The van der Waals surface area contributed by atoms with Gasteiger partial charge in [-0.1, -0.05) is 32.3 Å². The second kappa shape index (κ2) is 8.68. The summed E-state index contributed by atoms with van der Waals surface area (Å²) in [6, 6.07) is 8.08. The molecule has 0 spiro atoms. The Bertz CT molecular complexity index is 305. The van der Waals surface area contributed by atoms with Crippen LogP contribution in [0.25, 0.3) is 0 Å². The van der Waals surface area contributed by atoms with Gasteiger partial charge in [0.15, 0.2) is 0 Å². The smallest absolute Gasteiger partial charge is 0.119 e. The van der Waals surface area contributed by atoms with Gasteiger partial charge in [-0.05, 0) is 30.7 Å². The average Bonchev–Trinajstić information content (AvgIpc) is 2.37. The van der Waals surface area contributed by atoms with E-state index in [4.69, 9.17) is 4.74 Å². The predicted octanol–water partition coefficient (Wildman–Crippen LogP) is 4.24. The van der Waals surface area contributed by atoms with Crippen molar-refractivity contribution in [3.63, 3.8) is 0 Å². The van der Waals surface area contributed by atoms with Gasteiger partial charge in [0, 0.05) is 12.2 Å². The quantitative estimate of drug-likeness (QED) is 0.508. The summed E-state index contributed by atoms with van der Waals surface area (Å²) in [7, 11) is 0. The summed E-state index contributed by atoms with van der Waals surface area (Å²) < 4.78 is 5.66. The molecule has 0 unspecified atom stereocenters. The minimum atomic E-state index is 0.789.